The van der Waals surface area contributed by atoms with E-state index in [1.54, 1.807) is 7.11 Å². The van der Waals surface area contributed by atoms with Crippen LogP contribution in [-0.4, -0.2) is 61.2 Å². The number of aromatic nitrogens is 2. The second-order valence-electron chi connectivity index (χ2n) is 5.18. The number of nitrogens with zero attached hydrogens (tertiary/aromatic N) is 4. The van der Waals surface area contributed by atoms with E-state index in [9.17, 15) is 0 Å². The standard InChI is InChI=1S/C14H25N5O/c1-12-11-13(20-2)17-14(16-12)19-8-4-7-18(9-10-19)6-3-5-15/h11H,3-10,15H2,1-2H3. The van der Waals surface area contributed by atoms with Gasteiger partial charge in [-0.3, -0.25) is 0 Å². The van der Waals surface area contributed by atoms with Gasteiger partial charge in [0, 0.05) is 31.4 Å². The first-order valence-electron chi connectivity index (χ1n) is 7.30. The van der Waals surface area contributed by atoms with Gasteiger partial charge in [0.05, 0.1) is 7.11 Å². The second kappa shape index (κ2) is 7.40. The summed E-state index contributed by atoms with van der Waals surface area (Å²) in [5, 5.41) is 0. The van der Waals surface area contributed by atoms with Crippen molar-refractivity contribution in [1.82, 2.24) is 14.9 Å². The maximum Gasteiger partial charge on any atom is 0.228 e. The lowest BCUT2D eigenvalue weighted by Crippen LogP contribution is -2.32. The van der Waals surface area contributed by atoms with Crippen LogP contribution in [0.3, 0.4) is 0 Å². The van der Waals surface area contributed by atoms with Gasteiger partial charge in [-0.05, 0) is 39.4 Å². The molecule has 20 heavy (non-hydrogen) atoms. The molecule has 6 nitrogen and oxygen atoms in total. The predicted octanol–water partition coefficient (Wildman–Crippen LogP) is 0.655. The lowest BCUT2D eigenvalue weighted by molar-refractivity contribution is 0.291. The van der Waals surface area contributed by atoms with Crippen molar-refractivity contribution in [1.29, 1.82) is 0 Å². The summed E-state index contributed by atoms with van der Waals surface area (Å²) in [5.41, 5.74) is 6.52. The summed E-state index contributed by atoms with van der Waals surface area (Å²) in [4.78, 5) is 13.7. The Morgan fingerprint density at radius 2 is 2.10 bits per heavy atom. The fraction of sp³-hybridized carbons (Fsp3) is 0.714. The first-order chi connectivity index (χ1) is 9.72. The SMILES string of the molecule is COc1cc(C)nc(N2CCCN(CCCN)CC2)n1. The molecular weight excluding hydrogens is 254 g/mol. The third-order valence-corrected chi connectivity index (χ3v) is 3.58. The average Bonchev–Trinajstić information content (AvgIpc) is 2.70. The van der Waals surface area contributed by atoms with E-state index in [4.69, 9.17) is 10.5 Å². The molecule has 0 aromatic carbocycles. The van der Waals surface area contributed by atoms with Gasteiger partial charge in [0.2, 0.25) is 11.8 Å². The number of ether oxygens (including phenoxy) is 1. The first kappa shape index (κ1) is 15.0. The quantitative estimate of drug-likeness (QED) is 0.854. The fourth-order valence-electron chi connectivity index (χ4n) is 2.48. The summed E-state index contributed by atoms with van der Waals surface area (Å²) >= 11 is 0. The van der Waals surface area contributed by atoms with Crippen molar-refractivity contribution in [3.63, 3.8) is 0 Å². The van der Waals surface area contributed by atoms with Crippen LogP contribution < -0.4 is 15.4 Å². The zero-order valence-corrected chi connectivity index (χ0v) is 12.5. The molecule has 0 bridgehead atoms. The molecule has 1 aromatic rings. The molecule has 1 aliphatic rings. The molecule has 6 heteroatoms. The van der Waals surface area contributed by atoms with Gasteiger partial charge in [0.25, 0.3) is 0 Å². The fourth-order valence-corrected chi connectivity index (χ4v) is 2.48. The van der Waals surface area contributed by atoms with Gasteiger partial charge in [-0.1, -0.05) is 0 Å². The lowest BCUT2D eigenvalue weighted by Gasteiger charge is -2.22. The topological polar surface area (TPSA) is 67.5 Å². The summed E-state index contributed by atoms with van der Waals surface area (Å²) in [6, 6.07) is 1.86. The van der Waals surface area contributed by atoms with Gasteiger partial charge in [0.15, 0.2) is 0 Å². The largest absolute Gasteiger partial charge is 0.481 e. The molecule has 2 rings (SSSR count). The molecule has 0 aliphatic carbocycles. The molecule has 1 aromatic heterocycles. The Morgan fingerprint density at radius 3 is 2.85 bits per heavy atom. The Hall–Kier alpha value is -1.40. The van der Waals surface area contributed by atoms with E-state index in [0.717, 1.165) is 63.8 Å². The van der Waals surface area contributed by atoms with Crippen molar-refractivity contribution < 1.29 is 4.74 Å². The van der Waals surface area contributed by atoms with E-state index < -0.39 is 0 Å². The number of anilines is 1. The van der Waals surface area contributed by atoms with E-state index in [2.05, 4.69) is 19.8 Å². The smallest absolute Gasteiger partial charge is 0.228 e. The van der Waals surface area contributed by atoms with E-state index in [-0.39, 0.29) is 0 Å². The highest BCUT2D eigenvalue weighted by atomic mass is 16.5. The molecule has 0 radical (unpaired) electrons. The van der Waals surface area contributed by atoms with Gasteiger partial charge in [-0.15, -0.1) is 0 Å². The maximum absolute atomic E-state index is 5.58. The monoisotopic (exact) mass is 279 g/mol. The number of rotatable bonds is 5. The summed E-state index contributed by atoms with van der Waals surface area (Å²) < 4.78 is 5.23. The highest BCUT2D eigenvalue weighted by Crippen LogP contribution is 2.16. The molecule has 1 aliphatic heterocycles. The van der Waals surface area contributed by atoms with Crippen LogP contribution in [0.2, 0.25) is 0 Å². The van der Waals surface area contributed by atoms with Gasteiger partial charge in [-0.2, -0.15) is 4.98 Å². The minimum atomic E-state index is 0.636. The molecule has 1 saturated heterocycles. The van der Waals surface area contributed by atoms with Crippen molar-refractivity contribution in [2.24, 2.45) is 5.73 Å². The molecule has 0 saturated carbocycles. The van der Waals surface area contributed by atoms with Crippen molar-refractivity contribution in [3.8, 4) is 5.88 Å². The number of methoxy groups -OCH3 is 1. The van der Waals surface area contributed by atoms with Crippen molar-refractivity contribution >= 4 is 5.95 Å². The highest BCUT2D eigenvalue weighted by Gasteiger charge is 2.17. The number of aryl methyl sites for hydroxylation is 1. The summed E-state index contributed by atoms with van der Waals surface area (Å²) in [6.07, 6.45) is 2.19. The molecule has 0 spiro atoms. The molecule has 2 N–H and O–H groups in total. The second-order valence-corrected chi connectivity index (χ2v) is 5.18. The third-order valence-electron chi connectivity index (χ3n) is 3.58. The van der Waals surface area contributed by atoms with Crippen LogP contribution in [0.15, 0.2) is 6.07 Å². The summed E-state index contributed by atoms with van der Waals surface area (Å²) in [7, 11) is 1.64. The van der Waals surface area contributed by atoms with E-state index in [1.807, 2.05) is 13.0 Å². The average molecular weight is 279 g/mol. The van der Waals surface area contributed by atoms with Crippen LogP contribution in [0.25, 0.3) is 0 Å². The summed E-state index contributed by atoms with van der Waals surface area (Å²) in [5.74, 6) is 1.42. The van der Waals surface area contributed by atoms with Crippen LogP contribution in [-0.2, 0) is 0 Å². The van der Waals surface area contributed by atoms with Crippen molar-refractivity contribution in [2.45, 2.75) is 19.8 Å². The van der Waals surface area contributed by atoms with Crippen LogP contribution in [0, 0.1) is 6.92 Å². The molecule has 2 heterocycles. The van der Waals surface area contributed by atoms with E-state index >= 15 is 0 Å². The minimum Gasteiger partial charge on any atom is -0.481 e. The Bertz CT molecular complexity index is 426. The van der Waals surface area contributed by atoms with Crippen LogP contribution in [0.1, 0.15) is 18.5 Å². The zero-order chi connectivity index (χ0) is 14.4. The zero-order valence-electron chi connectivity index (χ0n) is 12.5. The summed E-state index contributed by atoms with van der Waals surface area (Å²) in [6.45, 7) is 7.93. The molecule has 0 atom stereocenters. The van der Waals surface area contributed by atoms with Crippen LogP contribution in [0.4, 0.5) is 5.95 Å². The van der Waals surface area contributed by atoms with E-state index in [0.29, 0.717) is 5.88 Å². The molecule has 1 fully saturated rings. The van der Waals surface area contributed by atoms with Crippen molar-refractivity contribution in [3.05, 3.63) is 11.8 Å². The van der Waals surface area contributed by atoms with Crippen LogP contribution >= 0.6 is 0 Å². The Balaban J connectivity index is 2.01. The number of hydrogen-bond acceptors (Lipinski definition) is 6. The van der Waals surface area contributed by atoms with Gasteiger partial charge in [0.1, 0.15) is 0 Å². The molecule has 0 amide bonds. The molecule has 112 valence electrons. The minimum absolute atomic E-state index is 0.636. The number of nitrogens with two attached hydrogens (primary N) is 1. The molecular formula is C14H25N5O. The number of hydrogen-bond donors (Lipinski definition) is 1. The van der Waals surface area contributed by atoms with E-state index in [1.165, 1.54) is 0 Å². The first-order valence-corrected chi connectivity index (χ1v) is 7.30. The highest BCUT2D eigenvalue weighted by molar-refractivity contribution is 5.34. The third kappa shape index (κ3) is 4.05. The lowest BCUT2D eigenvalue weighted by atomic mass is 10.3. The van der Waals surface area contributed by atoms with Crippen LogP contribution in [0.5, 0.6) is 5.88 Å². The van der Waals surface area contributed by atoms with Crippen molar-refractivity contribution in [2.75, 3.05) is 51.3 Å². The normalized spacial score (nSPS) is 17.1. The Kier molecular flexibility index (Phi) is 5.55. The van der Waals surface area contributed by atoms with Gasteiger partial charge >= 0.3 is 0 Å². The molecule has 0 unspecified atom stereocenters. The Labute approximate surface area is 120 Å². The van der Waals surface area contributed by atoms with Gasteiger partial charge in [-0.25, -0.2) is 4.98 Å². The Morgan fingerprint density at radius 1 is 1.25 bits per heavy atom. The predicted molar refractivity (Wildman–Crippen MR) is 80.3 cm³/mol. The maximum atomic E-state index is 5.58. The van der Waals surface area contributed by atoms with Gasteiger partial charge < -0.3 is 20.3 Å².